The third-order valence-corrected chi connectivity index (χ3v) is 3.01. The molecule has 0 amide bonds. The van der Waals surface area contributed by atoms with Crippen molar-refractivity contribution in [1.82, 2.24) is 0 Å². The van der Waals surface area contributed by atoms with Crippen LogP contribution < -0.4 is 0 Å². The van der Waals surface area contributed by atoms with Gasteiger partial charge in [-0.25, -0.2) is 4.79 Å². The number of carbonyl (C=O) groups excluding carboxylic acids is 1. The Morgan fingerprint density at radius 1 is 1.35 bits per heavy atom. The van der Waals surface area contributed by atoms with Gasteiger partial charge in [0.05, 0.1) is 13.7 Å². The highest BCUT2D eigenvalue weighted by Crippen LogP contribution is 2.20. The molecule has 4 heteroatoms. The monoisotopic (exact) mass is 256 g/mol. The second-order valence-electron chi connectivity index (χ2n) is 3.99. The summed E-state index contributed by atoms with van der Waals surface area (Å²) < 4.78 is 10.4. The third kappa shape index (κ3) is 3.72. The zero-order chi connectivity index (χ0) is 12.9. The van der Waals surface area contributed by atoms with Crippen LogP contribution in [0.2, 0.25) is 5.02 Å². The van der Waals surface area contributed by atoms with Crippen LogP contribution in [0.25, 0.3) is 0 Å². The predicted molar refractivity (Wildman–Crippen MR) is 67.0 cm³/mol. The Morgan fingerprint density at radius 2 is 1.94 bits per heavy atom. The number of hydrogen-bond donors (Lipinski definition) is 0. The molecule has 3 nitrogen and oxygen atoms in total. The van der Waals surface area contributed by atoms with Crippen LogP contribution in [0.4, 0.5) is 0 Å². The largest absolute Gasteiger partial charge is 0.467 e. The van der Waals surface area contributed by atoms with Crippen molar-refractivity contribution < 1.29 is 14.3 Å². The maximum absolute atomic E-state index is 11.6. The second-order valence-corrected chi connectivity index (χ2v) is 4.43. The first-order chi connectivity index (χ1) is 8.01. The molecular weight excluding hydrogens is 240 g/mol. The van der Waals surface area contributed by atoms with Crippen LogP contribution in [0, 0.1) is 0 Å². The van der Waals surface area contributed by atoms with Gasteiger partial charge in [0.15, 0.2) is 5.60 Å². The van der Waals surface area contributed by atoms with Gasteiger partial charge >= 0.3 is 5.97 Å². The molecule has 1 aromatic rings. The number of rotatable bonds is 5. The van der Waals surface area contributed by atoms with Gasteiger partial charge in [-0.2, -0.15) is 0 Å². The molecule has 1 atom stereocenters. The molecule has 1 unspecified atom stereocenters. The van der Waals surface area contributed by atoms with Crippen molar-refractivity contribution in [1.29, 1.82) is 0 Å². The Morgan fingerprint density at radius 3 is 2.41 bits per heavy atom. The van der Waals surface area contributed by atoms with Crippen molar-refractivity contribution in [3.63, 3.8) is 0 Å². The molecule has 0 aromatic heterocycles. The molecule has 1 aromatic carbocycles. The van der Waals surface area contributed by atoms with E-state index in [9.17, 15) is 4.79 Å². The predicted octanol–water partition coefficient (Wildman–Crippen LogP) is 3.20. The van der Waals surface area contributed by atoms with Gasteiger partial charge < -0.3 is 9.47 Å². The molecule has 0 spiro atoms. The van der Waals surface area contributed by atoms with Gasteiger partial charge in [-0.05, 0) is 31.0 Å². The Bertz CT molecular complexity index is 375. The van der Waals surface area contributed by atoms with E-state index in [1.807, 2.05) is 19.1 Å². The molecule has 0 aliphatic rings. The van der Waals surface area contributed by atoms with Crippen molar-refractivity contribution >= 4 is 17.6 Å². The fraction of sp³-hybridized carbons (Fsp3) is 0.462. The normalized spacial score (nSPS) is 14.1. The number of esters is 1. The van der Waals surface area contributed by atoms with Gasteiger partial charge in [-0.15, -0.1) is 0 Å². The van der Waals surface area contributed by atoms with Gasteiger partial charge in [0.2, 0.25) is 0 Å². The molecule has 1 rings (SSSR count). The Balaban J connectivity index is 2.65. The SMILES string of the molecule is CCC(C)(OCc1ccc(Cl)cc1)C(=O)OC. The highest BCUT2D eigenvalue weighted by atomic mass is 35.5. The minimum atomic E-state index is -0.894. The number of hydrogen-bond acceptors (Lipinski definition) is 3. The quantitative estimate of drug-likeness (QED) is 0.759. The first-order valence-electron chi connectivity index (χ1n) is 5.48. The molecule has 0 aliphatic carbocycles. The summed E-state index contributed by atoms with van der Waals surface area (Å²) in [4.78, 5) is 11.6. The van der Waals surface area contributed by atoms with Crippen LogP contribution in [0.15, 0.2) is 24.3 Å². The number of halogens is 1. The van der Waals surface area contributed by atoms with E-state index in [0.717, 1.165) is 5.56 Å². The molecule has 0 saturated heterocycles. The average molecular weight is 257 g/mol. The number of methoxy groups -OCH3 is 1. The lowest BCUT2D eigenvalue weighted by Gasteiger charge is -2.25. The average Bonchev–Trinajstić information content (AvgIpc) is 2.36. The van der Waals surface area contributed by atoms with E-state index in [1.54, 1.807) is 19.1 Å². The molecule has 0 saturated carbocycles. The van der Waals surface area contributed by atoms with E-state index in [-0.39, 0.29) is 5.97 Å². The highest BCUT2D eigenvalue weighted by molar-refractivity contribution is 6.30. The summed E-state index contributed by atoms with van der Waals surface area (Å²) in [5, 5.41) is 0.681. The third-order valence-electron chi connectivity index (χ3n) is 2.76. The van der Waals surface area contributed by atoms with Gasteiger partial charge in [-0.3, -0.25) is 0 Å². The minimum absolute atomic E-state index is 0.353. The van der Waals surface area contributed by atoms with Crippen molar-refractivity contribution in [3.8, 4) is 0 Å². The van der Waals surface area contributed by atoms with Crippen LogP contribution in [0.5, 0.6) is 0 Å². The van der Waals surface area contributed by atoms with E-state index in [4.69, 9.17) is 21.1 Å². The zero-order valence-electron chi connectivity index (χ0n) is 10.3. The zero-order valence-corrected chi connectivity index (χ0v) is 11.1. The summed E-state index contributed by atoms with van der Waals surface area (Å²) in [5.74, 6) is -0.353. The van der Waals surface area contributed by atoms with Crippen LogP contribution in [-0.2, 0) is 20.9 Å². The number of ether oxygens (including phenoxy) is 2. The maximum Gasteiger partial charge on any atom is 0.337 e. The van der Waals surface area contributed by atoms with Crippen LogP contribution in [0.1, 0.15) is 25.8 Å². The van der Waals surface area contributed by atoms with Gasteiger partial charge in [0.1, 0.15) is 0 Å². The topological polar surface area (TPSA) is 35.5 Å². The van der Waals surface area contributed by atoms with E-state index in [0.29, 0.717) is 18.1 Å². The lowest BCUT2D eigenvalue weighted by atomic mass is 10.0. The summed E-state index contributed by atoms with van der Waals surface area (Å²) in [6.45, 7) is 3.98. The summed E-state index contributed by atoms with van der Waals surface area (Å²) in [6.07, 6.45) is 0.563. The van der Waals surface area contributed by atoms with Crippen molar-refractivity contribution in [2.24, 2.45) is 0 Å². The maximum atomic E-state index is 11.6. The van der Waals surface area contributed by atoms with E-state index in [1.165, 1.54) is 7.11 Å². The van der Waals surface area contributed by atoms with E-state index in [2.05, 4.69) is 0 Å². The summed E-state index contributed by atoms with van der Waals surface area (Å²) in [7, 11) is 1.36. The molecule has 17 heavy (non-hydrogen) atoms. The standard InChI is InChI=1S/C13H17ClO3/c1-4-13(2,12(15)16-3)17-9-10-5-7-11(14)8-6-10/h5-8H,4,9H2,1-3H3. The van der Waals surface area contributed by atoms with Crippen molar-refractivity contribution in [2.45, 2.75) is 32.5 Å². The molecule has 0 radical (unpaired) electrons. The van der Waals surface area contributed by atoms with Crippen LogP contribution in [0.3, 0.4) is 0 Å². The summed E-state index contributed by atoms with van der Waals surface area (Å²) in [5.41, 5.74) is 0.0759. The van der Waals surface area contributed by atoms with Crippen molar-refractivity contribution in [3.05, 3.63) is 34.9 Å². The molecule has 0 heterocycles. The van der Waals surface area contributed by atoms with Crippen molar-refractivity contribution in [2.75, 3.05) is 7.11 Å². The van der Waals surface area contributed by atoms with Crippen LogP contribution in [-0.4, -0.2) is 18.7 Å². The molecule has 0 aliphatic heterocycles. The molecule has 0 bridgehead atoms. The highest BCUT2D eigenvalue weighted by Gasteiger charge is 2.33. The van der Waals surface area contributed by atoms with Gasteiger partial charge in [-0.1, -0.05) is 30.7 Å². The lowest BCUT2D eigenvalue weighted by Crippen LogP contribution is -2.38. The summed E-state index contributed by atoms with van der Waals surface area (Å²) in [6, 6.07) is 7.33. The Kier molecular flexibility index (Phi) is 4.97. The minimum Gasteiger partial charge on any atom is -0.467 e. The Hall–Kier alpha value is -1.06. The molecule has 0 N–H and O–H groups in total. The van der Waals surface area contributed by atoms with Crippen LogP contribution >= 0.6 is 11.6 Å². The second kappa shape index (κ2) is 6.03. The van der Waals surface area contributed by atoms with Gasteiger partial charge in [0.25, 0.3) is 0 Å². The lowest BCUT2D eigenvalue weighted by molar-refractivity contribution is -0.169. The molecule has 94 valence electrons. The van der Waals surface area contributed by atoms with Gasteiger partial charge in [0, 0.05) is 5.02 Å². The first kappa shape index (κ1) is 14.0. The fourth-order valence-corrected chi connectivity index (χ4v) is 1.47. The smallest absolute Gasteiger partial charge is 0.337 e. The van der Waals surface area contributed by atoms with E-state index >= 15 is 0 Å². The van der Waals surface area contributed by atoms with E-state index < -0.39 is 5.60 Å². The Labute approximate surface area is 107 Å². The fourth-order valence-electron chi connectivity index (χ4n) is 1.34. The summed E-state index contributed by atoms with van der Waals surface area (Å²) >= 11 is 5.79. The number of carbonyl (C=O) groups is 1. The number of benzene rings is 1. The first-order valence-corrected chi connectivity index (χ1v) is 5.86. The molecule has 0 fully saturated rings. The molecular formula is C13H17ClO3.